The number of rotatable bonds is 4. The number of nitrogens with zero attached hydrogens (tertiary/aromatic N) is 2. The predicted octanol–water partition coefficient (Wildman–Crippen LogP) is 2.66. The monoisotopic (exact) mass is 398 g/mol. The maximum absolute atomic E-state index is 12.4. The predicted molar refractivity (Wildman–Crippen MR) is 104 cm³/mol. The van der Waals surface area contributed by atoms with Crippen molar-refractivity contribution in [1.29, 1.82) is 0 Å². The average Bonchev–Trinajstić information content (AvgIpc) is 3.26. The zero-order valence-corrected chi connectivity index (χ0v) is 15.8. The molecule has 1 amide bonds. The highest BCUT2D eigenvalue weighted by molar-refractivity contribution is 7.73. The summed E-state index contributed by atoms with van der Waals surface area (Å²) in [5, 5.41) is 11.9. The molecule has 0 fully saturated rings. The summed E-state index contributed by atoms with van der Waals surface area (Å²) in [4.78, 5) is 17.0. The molecule has 3 aromatic rings. The van der Waals surface area contributed by atoms with Gasteiger partial charge in [-0.15, -0.1) is 11.3 Å². The summed E-state index contributed by atoms with van der Waals surface area (Å²) in [5.41, 5.74) is 0.379. The number of thiazole rings is 1. The second kappa shape index (κ2) is 6.98. The summed E-state index contributed by atoms with van der Waals surface area (Å²) < 4.78 is 12.5. The van der Waals surface area contributed by atoms with Gasteiger partial charge in [-0.2, -0.15) is 0 Å². The first-order chi connectivity index (χ1) is 13.0. The van der Waals surface area contributed by atoms with Gasteiger partial charge in [0.25, 0.3) is 5.91 Å². The molecule has 0 unspecified atom stereocenters. The molecule has 8 heteroatoms. The van der Waals surface area contributed by atoms with Gasteiger partial charge in [-0.1, -0.05) is 0 Å². The first-order valence-corrected chi connectivity index (χ1v) is 9.23. The minimum atomic E-state index is -0.382. The summed E-state index contributed by atoms with van der Waals surface area (Å²) in [5.74, 6) is 0.927. The Bertz CT molecular complexity index is 1230. The number of aromatic hydroxyl groups is 1. The molecule has 0 bridgehead atoms. The maximum Gasteiger partial charge on any atom is 0.277 e. The second-order valence-electron chi connectivity index (χ2n) is 5.81. The lowest BCUT2D eigenvalue weighted by Crippen LogP contribution is -2.30. The lowest BCUT2D eigenvalue weighted by Gasteiger charge is -2.05. The van der Waals surface area contributed by atoms with Crippen LogP contribution in [0.2, 0.25) is 0 Å². The molecule has 1 aliphatic rings. The molecule has 1 aliphatic heterocycles. The van der Waals surface area contributed by atoms with E-state index in [1.54, 1.807) is 54.4 Å². The Hall–Kier alpha value is -2.97. The van der Waals surface area contributed by atoms with Gasteiger partial charge >= 0.3 is 0 Å². The van der Waals surface area contributed by atoms with Gasteiger partial charge in [0.2, 0.25) is 5.88 Å². The minimum Gasteiger partial charge on any atom is -0.497 e. The van der Waals surface area contributed by atoms with Crippen molar-refractivity contribution in [3.8, 4) is 11.6 Å². The van der Waals surface area contributed by atoms with E-state index in [1.165, 1.54) is 11.3 Å². The van der Waals surface area contributed by atoms with Gasteiger partial charge in [0.15, 0.2) is 3.95 Å². The SMILES string of the molecule is COc1ccc2c(c1)=NC(=O)/C(=C/c1sc(=S)n(Cc3ccco3)c1O)C=2. The number of carbonyl (C=O) groups excluding carboxylic acids is 1. The Morgan fingerprint density at radius 2 is 2.26 bits per heavy atom. The van der Waals surface area contributed by atoms with Crippen molar-refractivity contribution >= 4 is 41.6 Å². The zero-order chi connectivity index (χ0) is 19.0. The molecule has 0 saturated carbocycles. The third kappa shape index (κ3) is 3.36. The first-order valence-electron chi connectivity index (χ1n) is 8.00. The fourth-order valence-corrected chi connectivity index (χ4v) is 3.98. The summed E-state index contributed by atoms with van der Waals surface area (Å²) in [7, 11) is 1.56. The van der Waals surface area contributed by atoms with Crippen LogP contribution in [0, 0.1) is 3.95 Å². The van der Waals surface area contributed by atoms with E-state index in [2.05, 4.69) is 4.99 Å². The van der Waals surface area contributed by atoms with Crippen LogP contribution in [0.4, 0.5) is 0 Å². The third-order valence-electron chi connectivity index (χ3n) is 4.09. The Labute approximate surface area is 163 Å². The topological polar surface area (TPSA) is 77.0 Å². The van der Waals surface area contributed by atoms with Crippen LogP contribution in [-0.4, -0.2) is 22.7 Å². The summed E-state index contributed by atoms with van der Waals surface area (Å²) in [6.07, 6.45) is 4.91. The number of methoxy groups -OCH3 is 1. The highest BCUT2D eigenvalue weighted by atomic mass is 32.1. The molecule has 0 radical (unpaired) electrons. The van der Waals surface area contributed by atoms with Crippen molar-refractivity contribution in [2.75, 3.05) is 7.11 Å². The molecule has 0 aliphatic carbocycles. The van der Waals surface area contributed by atoms with Gasteiger partial charge in [-0.3, -0.25) is 9.36 Å². The molecule has 27 heavy (non-hydrogen) atoms. The number of ether oxygens (including phenoxy) is 1. The smallest absolute Gasteiger partial charge is 0.277 e. The molecular formula is C19H14N2O4S2. The van der Waals surface area contributed by atoms with Crippen molar-refractivity contribution in [1.82, 2.24) is 4.57 Å². The van der Waals surface area contributed by atoms with Crippen LogP contribution in [-0.2, 0) is 11.3 Å². The maximum atomic E-state index is 12.4. The summed E-state index contributed by atoms with van der Waals surface area (Å²) in [6, 6.07) is 8.93. The van der Waals surface area contributed by atoms with Crippen LogP contribution in [0.25, 0.3) is 12.2 Å². The Morgan fingerprint density at radius 3 is 3.00 bits per heavy atom. The molecule has 0 spiro atoms. The van der Waals surface area contributed by atoms with Crippen LogP contribution in [0.3, 0.4) is 0 Å². The standard InChI is InChI=1S/C19H14N2O4S2/c1-24-13-5-4-11-7-12(17(22)20-15(11)9-13)8-16-18(23)21(19(26)27-16)10-14-3-2-6-25-14/h2-9,23H,10H2,1H3/b12-8+. The van der Waals surface area contributed by atoms with Gasteiger partial charge in [0, 0.05) is 16.9 Å². The van der Waals surface area contributed by atoms with Crippen molar-refractivity contribution in [2.24, 2.45) is 4.99 Å². The largest absolute Gasteiger partial charge is 0.497 e. The summed E-state index contributed by atoms with van der Waals surface area (Å²) in [6.45, 7) is 0.321. The molecule has 1 N–H and O–H groups in total. The molecule has 4 rings (SSSR count). The Kier molecular flexibility index (Phi) is 4.51. The fourth-order valence-electron chi connectivity index (χ4n) is 2.72. The minimum absolute atomic E-state index is 0.00405. The van der Waals surface area contributed by atoms with Crippen LogP contribution >= 0.6 is 23.6 Å². The van der Waals surface area contributed by atoms with Gasteiger partial charge in [-0.25, -0.2) is 4.99 Å². The van der Waals surface area contributed by atoms with Gasteiger partial charge in [0.05, 0.1) is 30.2 Å². The summed E-state index contributed by atoms with van der Waals surface area (Å²) >= 11 is 6.56. The Morgan fingerprint density at radius 1 is 1.41 bits per heavy atom. The number of hydrogen-bond acceptors (Lipinski definition) is 6. The molecule has 3 heterocycles. The molecule has 0 saturated heterocycles. The molecular weight excluding hydrogens is 384 g/mol. The van der Waals surface area contributed by atoms with Crippen molar-refractivity contribution in [3.05, 3.63) is 67.3 Å². The number of amides is 1. The highest BCUT2D eigenvalue weighted by Crippen LogP contribution is 2.30. The fraction of sp³-hybridized carbons (Fsp3) is 0.105. The average molecular weight is 398 g/mol. The molecule has 1 aromatic carbocycles. The van der Waals surface area contributed by atoms with Crippen molar-refractivity contribution < 1.29 is 19.1 Å². The first kappa shape index (κ1) is 17.4. The van der Waals surface area contributed by atoms with Gasteiger partial charge in [0.1, 0.15) is 11.5 Å². The van der Waals surface area contributed by atoms with E-state index >= 15 is 0 Å². The lowest BCUT2D eigenvalue weighted by molar-refractivity contribution is -0.114. The van der Waals surface area contributed by atoms with E-state index in [1.807, 2.05) is 6.07 Å². The lowest BCUT2D eigenvalue weighted by atomic mass is 10.1. The normalized spacial score (nSPS) is 14.6. The van der Waals surface area contributed by atoms with Crippen molar-refractivity contribution in [3.63, 3.8) is 0 Å². The van der Waals surface area contributed by atoms with Gasteiger partial charge < -0.3 is 14.3 Å². The number of hydrogen-bond donors (Lipinski definition) is 1. The number of carbonyl (C=O) groups is 1. The van der Waals surface area contributed by atoms with E-state index in [4.69, 9.17) is 21.4 Å². The quantitative estimate of drug-likeness (QED) is 0.540. The van der Waals surface area contributed by atoms with E-state index < -0.39 is 0 Å². The van der Waals surface area contributed by atoms with E-state index in [0.717, 1.165) is 5.22 Å². The van der Waals surface area contributed by atoms with E-state index in [-0.39, 0.29) is 11.8 Å². The highest BCUT2D eigenvalue weighted by Gasteiger charge is 2.16. The molecule has 2 aromatic heterocycles. The van der Waals surface area contributed by atoms with E-state index in [0.29, 0.717) is 37.8 Å². The van der Waals surface area contributed by atoms with Crippen LogP contribution in [0.15, 0.2) is 51.6 Å². The number of furan rings is 1. The van der Waals surface area contributed by atoms with E-state index in [9.17, 15) is 9.90 Å². The van der Waals surface area contributed by atoms with Gasteiger partial charge in [-0.05, 0) is 48.6 Å². The molecule has 6 nitrogen and oxygen atoms in total. The second-order valence-corrected chi connectivity index (χ2v) is 7.48. The number of fused-ring (bicyclic) bond motifs is 1. The Balaban J connectivity index is 1.74. The van der Waals surface area contributed by atoms with Crippen LogP contribution in [0.5, 0.6) is 11.6 Å². The van der Waals surface area contributed by atoms with Crippen LogP contribution in [0.1, 0.15) is 10.6 Å². The number of aromatic nitrogens is 1. The third-order valence-corrected chi connectivity index (χ3v) is 5.48. The zero-order valence-electron chi connectivity index (χ0n) is 14.2. The van der Waals surface area contributed by atoms with Crippen LogP contribution < -0.4 is 15.3 Å². The number of benzene rings is 1. The van der Waals surface area contributed by atoms with Crippen molar-refractivity contribution in [2.45, 2.75) is 6.54 Å². The molecule has 0 atom stereocenters. The molecule has 136 valence electrons.